The number of hydrogen-bond donors (Lipinski definition) is 0. The van der Waals surface area contributed by atoms with Crippen molar-refractivity contribution in [2.45, 2.75) is 31.7 Å². The number of hydrogen-bond acceptors (Lipinski definition) is 1. The van der Waals surface area contributed by atoms with Crippen LogP contribution in [0.4, 0.5) is 0 Å². The second-order valence-electron chi connectivity index (χ2n) is 3.05. The maximum atomic E-state index is 2.43. The Bertz CT molecular complexity index is 72.6. The van der Waals surface area contributed by atoms with Crippen LogP contribution in [0.25, 0.3) is 0 Å². The van der Waals surface area contributed by atoms with Gasteiger partial charge in [-0.15, -0.1) is 0 Å². The topological polar surface area (TPSA) is 3.24 Å². The van der Waals surface area contributed by atoms with Crippen molar-refractivity contribution in [2.24, 2.45) is 0 Å². The van der Waals surface area contributed by atoms with Gasteiger partial charge in [-0.2, -0.15) is 0 Å². The van der Waals surface area contributed by atoms with E-state index in [-0.39, 0.29) is 0 Å². The molecule has 1 atom stereocenters. The van der Waals surface area contributed by atoms with Gasteiger partial charge >= 0.3 is 0 Å². The van der Waals surface area contributed by atoms with Gasteiger partial charge in [0.05, 0.1) is 0 Å². The third kappa shape index (κ3) is 1.98. The van der Waals surface area contributed by atoms with Crippen LogP contribution in [-0.4, -0.2) is 25.0 Å². The summed E-state index contributed by atoms with van der Waals surface area (Å²) in [5.41, 5.74) is 0. The molecule has 0 spiro atoms. The summed E-state index contributed by atoms with van der Waals surface area (Å²) in [7, 11) is 4.32. The zero-order chi connectivity index (χ0) is 6.69. The number of rotatable bonds is 1. The molecule has 1 nitrogen and oxygen atoms in total. The third-order valence-electron chi connectivity index (χ3n) is 2.06. The lowest BCUT2D eigenvalue weighted by molar-refractivity contribution is 0.279. The molecule has 1 radical (unpaired) electrons. The summed E-state index contributed by atoms with van der Waals surface area (Å²) in [5.74, 6) is 0. The minimum atomic E-state index is 0.763. The molecule has 1 saturated carbocycles. The van der Waals surface area contributed by atoms with E-state index in [2.05, 4.69) is 25.4 Å². The average molecular weight is 126 g/mol. The first-order valence-corrected chi connectivity index (χ1v) is 3.80. The summed E-state index contributed by atoms with van der Waals surface area (Å²) in [6.07, 6.45) is 7.95. The molecule has 1 heteroatoms. The monoisotopic (exact) mass is 126 g/mol. The predicted octanol–water partition coefficient (Wildman–Crippen LogP) is 1.69. The highest BCUT2D eigenvalue weighted by Crippen LogP contribution is 2.19. The summed E-state index contributed by atoms with van der Waals surface area (Å²) in [5, 5.41) is 0. The van der Waals surface area contributed by atoms with Gasteiger partial charge in [0.1, 0.15) is 0 Å². The van der Waals surface area contributed by atoms with Crippen molar-refractivity contribution in [3.05, 3.63) is 6.42 Å². The van der Waals surface area contributed by atoms with Crippen molar-refractivity contribution < 1.29 is 0 Å². The lowest BCUT2D eigenvalue weighted by Gasteiger charge is -2.27. The smallest absolute Gasteiger partial charge is 0.0121 e. The van der Waals surface area contributed by atoms with Gasteiger partial charge in [0.25, 0.3) is 0 Å². The van der Waals surface area contributed by atoms with E-state index >= 15 is 0 Å². The van der Waals surface area contributed by atoms with Crippen LogP contribution < -0.4 is 0 Å². The fourth-order valence-corrected chi connectivity index (χ4v) is 1.39. The average Bonchev–Trinajstić information content (AvgIpc) is 1.90. The minimum Gasteiger partial charge on any atom is -0.306 e. The molecule has 0 bridgehead atoms. The van der Waals surface area contributed by atoms with E-state index in [0.29, 0.717) is 0 Å². The second-order valence-corrected chi connectivity index (χ2v) is 3.05. The Balaban J connectivity index is 2.23. The van der Waals surface area contributed by atoms with Gasteiger partial charge in [0.2, 0.25) is 0 Å². The summed E-state index contributed by atoms with van der Waals surface area (Å²) in [6, 6.07) is 0.763. The van der Waals surface area contributed by atoms with Crippen LogP contribution in [0.5, 0.6) is 0 Å². The van der Waals surface area contributed by atoms with E-state index in [4.69, 9.17) is 0 Å². The van der Waals surface area contributed by atoms with Crippen LogP contribution in [0.15, 0.2) is 0 Å². The van der Waals surface area contributed by atoms with Crippen LogP contribution in [0, 0.1) is 6.42 Å². The third-order valence-corrected chi connectivity index (χ3v) is 2.06. The SMILES string of the molecule is CN(C)[C@H]1[CH]CCCC1. The Morgan fingerprint density at radius 1 is 1.33 bits per heavy atom. The van der Waals surface area contributed by atoms with E-state index in [1.807, 2.05) is 0 Å². The largest absolute Gasteiger partial charge is 0.306 e. The van der Waals surface area contributed by atoms with Gasteiger partial charge in [-0.25, -0.2) is 0 Å². The summed E-state index contributed by atoms with van der Waals surface area (Å²) in [6.45, 7) is 0. The Kier molecular flexibility index (Phi) is 2.52. The van der Waals surface area contributed by atoms with Crippen LogP contribution in [0.3, 0.4) is 0 Å². The molecule has 0 aromatic heterocycles. The quantitative estimate of drug-likeness (QED) is 0.517. The first kappa shape index (κ1) is 7.07. The molecular formula is C8H16N. The molecular weight excluding hydrogens is 110 g/mol. The molecule has 9 heavy (non-hydrogen) atoms. The van der Waals surface area contributed by atoms with Crippen molar-refractivity contribution in [3.8, 4) is 0 Å². The van der Waals surface area contributed by atoms with Crippen LogP contribution in [0.1, 0.15) is 25.7 Å². The molecule has 53 valence electrons. The van der Waals surface area contributed by atoms with E-state index in [1.54, 1.807) is 0 Å². The maximum absolute atomic E-state index is 2.43. The lowest BCUT2D eigenvalue weighted by Crippen LogP contribution is -2.30. The van der Waals surface area contributed by atoms with E-state index in [9.17, 15) is 0 Å². The molecule has 0 N–H and O–H groups in total. The first-order valence-electron chi connectivity index (χ1n) is 3.80. The molecule has 0 aliphatic heterocycles. The van der Waals surface area contributed by atoms with E-state index in [0.717, 1.165) is 6.04 Å². The van der Waals surface area contributed by atoms with Gasteiger partial charge in [0, 0.05) is 6.04 Å². The van der Waals surface area contributed by atoms with E-state index < -0.39 is 0 Å². The van der Waals surface area contributed by atoms with E-state index in [1.165, 1.54) is 25.7 Å². The fraction of sp³-hybridized carbons (Fsp3) is 0.875. The van der Waals surface area contributed by atoms with Crippen LogP contribution in [-0.2, 0) is 0 Å². The molecule has 1 fully saturated rings. The maximum Gasteiger partial charge on any atom is 0.0121 e. The Morgan fingerprint density at radius 3 is 2.44 bits per heavy atom. The minimum absolute atomic E-state index is 0.763. The highest BCUT2D eigenvalue weighted by atomic mass is 15.1. The zero-order valence-electron chi connectivity index (χ0n) is 6.43. The van der Waals surface area contributed by atoms with Crippen molar-refractivity contribution in [2.75, 3.05) is 14.1 Å². The molecule has 1 rings (SSSR count). The van der Waals surface area contributed by atoms with Crippen LogP contribution in [0.2, 0.25) is 0 Å². The summed E-state index contributed by atoms with van der Waals surface area (Å²) in [4.78, 5) is 2.30. The molecule has 0 saturated heterocycles. The lowest BCUT2D eigenvalue weighted by atomic mass is 9.95. The molecule has 0 aromatic carbocycles. The van der Waals surface area contributed by atoms with Gasteiger partial charge in [-0.05, 0) is 33.4 Å². The van der Waals surface area contributed by atoms with Crippen molar-refractivity contribution in [1.82, 2.24) is 4.90 Å². The van der Waals surface area contributed by atoms with Gasteiger partial charge in [0.15, 0.2) is 0 Å². The molecule has 0 unspecified atom stereocenters. The molecule has 1 aliphatic carbocycles. The molecule has 0 amide bonds. The fourth-order valence-electron chi connectivity index (χ4n) is 1.39. The standard InChI is InChI=1S/C8H16N/c1-9(2)8-6-4-3-5-7-8/h6,8H,3-5,7H2,1-2H3/t8-/m0/s1. The Hall–Kier alpha value is -0.0400. The van der Waals surface area contributed by atoms with Crippen LogP contribution >= 0.6 is 0 Å². The van der Waals surface area contributed by atoms with Crippen molar-refractivity contribution >= 4 is 0 Å². The second kappa shape index (κ2) is 3.21. The van der Waals surface area contributed by atoms with Gasteiger partial charge < -0.3 is 4.90 Å². The highest BCUT2D eigenvalue weighted by Gasteiger charge is 2.14. The highest BCUT2D eigenvalue weighted by molar-refractivity contribution is 4.86. The summed E-state index contributed by atoms with van der Waals surface area (Å²) >= 11 is 0. The molecule has 0 heterocycles. The van der Waals surface area contributed by atoms with Crippen molar-refractivity contribution in [1.29, 1.82) is 0 Å². The molecule has 1 aliphatic rings. The predicted molar refractivity (Wildman–Crippen MR) is 40.2 cm³/mol. The normalized spacial score (nSPS) is 23.0. The number of nitrogens with zero attached hydrogens (tertiary/aromatic N) is 1. The summed E-state index contributed by atoms with van der Waals surface area (Å²) < 4.78 is 0. The molecule has 0 aromatic rings. The first-order chi connectivity index (χ1) is 4.30. The van der Waals surface area contributed by atoms with Gasteiger partial charge in [-0.3, -0.25) is 0 Å². The Morgan fingerprint density at radius 2 is 2.11 bits per heavy atom. The Labute approximate surface area is 58.0 Å². The zero-order valence-corrected chi connectivity index (χ0v) is 6.43. The van der Waals surface area contributed by atoms with Crippen molar-refractivity contribution in [3.63, 3.8) is 0 Å². The van der Waals surface area contributed by atoms with Gasteiger partial charge in [-0.1, -0.05) is 12.8 Å².